The molecule has 8 rings (SSSR count). The lowest BCUT2D eigenvalue weighted by atomic mass is 9.76. The van der Waals surface area contributed by atoms with Gasteiger partial charge in [0.1, 0.15) is 30.4 Å². The molecule has 0 N–H and O–H groups in total. The van der Waals surface area contributed by atoms with Crippen LogP contribution in [0.1, 0.15) is 54.8 Å². The summed E-state index contributed by atoms with van der Waals surface area (Å²) in [5, 5.41) is 8.85. The van der Waals surface area contributed by atoms with Crippen LogP contribution >= 0.6 is 0 Å². The van der Waals surface area contributed by atoms with Crippen molar-refractivity contribution in [2.24, 2.45) is 9.98 Å². The molecule has 0 saturated heterocycles. The SMILES string of the molecule is CC1=NC2(CCc3cccc(-c4ccccc4)c3C2)CO1.CC1=NC2(CCc3cccc(-c4cnc(C#N)nc4)c3C2)CO1. The second-order valence-electron chi connectivity index (χ2n) is 12.3. The van der Waals surface area contributed by atoms with Gasteiger partial charge >= 0.3 is 0 Å². The molecular weight excluding hydrogens is 546 g/mol. The third kappa shape index (κ3) is 5.37. The molecule has 4 aromatic rings. The Hall–Kier alpha value is -4.83. The molecule has 3 heterocycles. The van der Waals surface area contributed by atoms with E-state index in [9.17, 15) is 0 Å². The fourth-order valence-corrected chi connectivity index (χ4v) is 7.12. The van der Waals surface area contributed by atoms with E-state index >= 15 is 0 Å². The van der Waals surface area contributed by atoms with Gasteiger partial charge in [0.05, 0.1) is 0 Å². The first-order chi connectivity index (χ1) is 21.4. The van der Waals surface area contributed by atoms with E-state index in [0.717, 1.165) is 68.1 Å². The minimum atomic E-state index is -0.124. The highest BCUT2D eigenvalue weighted by Crippen LogP contribution is 2.40. The standard InChI is InChI=1S/C19H19NO.C18H16N4O/c1-14-20-19(13-21-14)11-10-16-8-5-9-17(18(16)12-19)15-6-3-2-4-7-15;1-12-22-18(11-23-12)6-5-13-3-2-4-15(16(13)7-18)14-9-20-17(8-19)21-10-14/h2-9H,10-13H2,1H3;2-4,9-10H,5-7,11H2,1H3. The Morgan fingerprint density at radius 1 is 0.659 bits per heavy atom. The van der Waals surface area contributed by atoms with E-state index in [4.69, 9.17) is 24.7 Å². The van der Waals surface area contributed by atoms with Gasteiger partial charge in [0, 0.05) is 44.6 Å². The smallest absolute Gasteiger partial charge is 0.232 e. The monoisotopic (exact) mass is 581 g/mol. The molecule has 3 aromatic carbocycles. The van der Waals surface area contributed by atoms with Gasteiger partial charge in [-0.15, -0.1) is 0 Å². The zero-order valence-electron chi connectivity index (χ0n) is 25.2. The van der Waals surface area contributed by atoms with Gasteiger partial charge in [0.25, 0.3) is 0 Å². The highest BCUT2D eigenvalue weighted by molar-refractivity contribution is 5.77. The van der Waals surface area contributed by atoms with Crippen LogP contribution in [-0.4, -0.2) is 46.1 Å². The number of benzene rings is 3. The summed E-state index contributed by atoms with van der Waals surface area (Å²) in [5.41, 5.74) is 10.2. The van der Waals surface area contributed by atoms with E-state index in [-0.39, 0.29) is 16.9 Å². The molecule has 0 fully saturated rings. The highest BCUT2D eigenvalue weighted by atomic mass is 16.5. The molecular formula is C37H35N5O2. The molecule has 4 aliphatic rings. The normalized spacial score (nSPS) is 22.8. The summed E-state index contributed by atoms with van der Waals surface area (Å²) in [6.07, 6.45) is 9.52. The number of hydrogen-bond acceptors (Lipinski definition) is 7. The van der Waals surface area contributed by atoms with Crippen molar-refractivity contribution in [3.8, 4) is 28.3 Å². The van der Waals surface area contributed by atoms with Gasteiger partial charge in [-0.3, -0.25) is 0 Å². The molecule has 44 heavy (non-hydrogen) atoms. The molecule has 0 bridgehead atoms. The van der Waals surface area contributed by atoms with E-state index < -0.39 is 0 Å². The zero-order chi connectivity index (χ0) is 30.1. The number of aliphatic imine (C=N–C) groups is 2. The van der Waals surface area contributed by atoms with Gasteiger partial charge in [-0.1, -0.05) is 66.7 Å². The molecule has 2 atom stereocenters. The first kappa shape index (κ1) is 28.0. The topological polar surface area (TPSA) is 92.8 Å². The van der Waals surface area contributed by atoms with Crippen molar-refractivity contribution in [2.45, 2.75) is 63.5 Å². The Balaban J connectivity index is 0.000000143. The van der Waals surface area contributed by atoms with Crippen LogP contribution in [-0.2, 0) is 35.2 Å². The number of ether oxygens (including phenoxy) is 2. The summed E-state index contributed by atoms with van der Waals surface area (Å²) in [6.45, 7) is 5.29. The van der Waals surface area contributed by atoms with Gasteiger partial charge in [0.2, 0.25) is 5.82 Å². The van der Waals surface area contributed by atoms with Crippen molar-refractivity contribution in [1.29, 1.82) is 5.26 Å². The average molecular weight is 582 g/mol. The molecule has 2 unspecified atom stereocenters. The summed E-state index contributed by atoms with van der Waals surface area (Å²) >= 11 is 0. The number of aryl methyl sites for hydroxylation is 2. The predicted octanol–water partition coefficient (Wildman–Crippen LogP) is 6.72. The number of nitriles is 1. The Labute approximate surface area is 258 Å². The number of fused-ring (bicyclic) bond motifs is 2. The summed E-state index contributed by atoms with van der Waals surface area (Å²) in [6, 6.07) is 25.6. The molecule has 2 aliphatic carbocycles. The highest BCUT2D eigenvalue weighted by Gasteiger charge is 2.40. The fourth-order valence-electron chi connectivity index (χ4n) is 7.12. The van der Waals surface area contributed by atoms with Crippen molar-refractivity contribution in [2.75, 3.05) is 13.2 Å². The third-order valence-electron chi connectivity index (χ3n) is 9.31. The largest absolute Gasteiger partial charge is 0.479 e. The fraction of sp³-hybridized carbons (Fsp3) is 0.324. The predicted molar refractivity (Wildman–Crippen MR) is 172 cm³/mol. The Kier molecular flexibility index (Phi) is 7.21. The van der Waals surface area contributed by atoms with Gasteiger partial charge in [-0.25, -0.2) is 20.0 Å². The lowest BCUT2D eigenvalue weighted by Crippen LogP contribution is -2.35. The molecule has 220 valence electrons. The Morgan fingerprint density at radius 3 is 1.66 bits per heavy atom. The first-order valence-corrected chi connectivity index (χ1v) is 15.3. The van der Waals surface area contributed by atoms with Gasteiger partial charge in [-0.05, 0) is 64.6 Å². The van der Waals surface area contributed by atoms with Crippen LogP contribution in [0.3, 0.4) is 0 Å². The molecule has 1 aromatic heterocycles. The van der Waals surface area contributed by atoms with Crippen LogP contribution in [0, 0.1) is 11.3 Å². The molecule has 2 spiro atoms. The summed E-state index contributed by atoms with van der Waals surface area (Å²) < 4.78 is 11.3. The summed E-state index contributed by atoms with van der Waals surface area (Å²) in [4.78, 5) is 17.8. The van der Waals surface area contributed by atoms with Crippen molar-refractivity contribution < 1.29 is 9.47 Å². The van der Waals surface area contributed by atoms with Crippen molar-refractivity contribution in [3.05, 3.63) is 107 Å². The maximum absolute atomic E-state index is 8.85. The Bertz CT molecular complexity index is 1810. The number of hydrogen-bond donors (Lipinski definition) is 0. The van der Waals surface area contributed by atoms with Crippen LogP contribution in [0.25, 0.3) is 22.3 Å². The zero-order valence-corrected chi connectivity index (χ0v) is 25.2. The lowest BCUT2D eigenvalue weighted by molar-refractivity contribution is 0.236. The second-order valence-corrected chi connectivity index (χ2v) is 12.3. The van der Waals surface area contributed by atoms with Crippen LogP contribution in [0.2, 0.25) is 0 Å². The number of rotatable bonds is 2. The maximum Gasteiger partial charge on any atom is 0.232 e. The molecule has 0 saturated carbocycles. The number of aromatic nitrogens is 2. The van der Waals surface area contributed by atoms with E-state index in [1.54, 1.807) is 12.4 Å². The van der Waals surface area contributed by atoms with Gasteiger partial charge in [-0.2, -0.15) is 5.26 Å². The van der Waals surface area contributed by atoms with Crippen LogP contribution < -0.4 is 0 Å². The maximum atomic E-state index is 8.85. The second kappa shape index (κ2) is 11.3. The van der Waals surface area contributed by atoms with Crippen molar-refractivity contribution >= 4 is 11.8 Å². The van der Waals surface area contributed by atoms with Crippen molar-refractivity contribution in [3.63, 3.8) is 0 Å². The van der Waals surface area contributed by atoms with Crippen LogP contribution in [0.4, 0.5) is 0 Å². The first-order valence-electron chi connectivity index (χ1n) is 15.3. The average Bonchev–Trinajstić information content (AvgIpc) is 3.61. The van der Waals surface area contributed by atoms with Gasteiger partial charge < -0.3 is 9.47 Å². The molecule has 0 amide bonds. The third-order valence-corrected chi connectivity index (χ3v) is 9.31. The van der Waals surface area contributed by atoms with Crippen molar-refractivity contribution in [1.82, 2.24) is 9.97 Å². The molecule has 7 heteroatoms. The van der Waals surface area contributed by atoms with Crippen LogP contribution in [0.5, 0.6) is 0 Å². The van der Waals surface area contributed by atoms with E-state index in [1.165, 1.54) is 33.4 Å². The van der Waals surface area contributed by atoms with Gasteiger partial charge in [0.15, 0.2) is 11.8 Å². The minimum Gasteiger partial charge on any atom is -0.479 e. The summed E-state index contributed by atoms with van der Waals surface area (Å²) in [7, 11) is 0. The number of nitrogens with zero attached hydrogens (tertiary/aromatic N) is 5. The van der Waals surface area contributed by atoms with E-state index in [0.29, 0.717) is 6.61 Å². The Morgan fingerprint density at radius 2 is 1.18 bits per heavy atom. The van der Waals surface area contributed by atoms with E-state index in [1.807, 2.05) is 19.9 Å². The summed E-state index contributed by atoms with van der Waals surface area (Å²) in [5.74, 6) is 1.82. The van der Waals surface area contributed by atoms with Crippen LogP contribution in [0.15, 0.2) is 89.1 Å². The quantitative estimate of drug-likeness (QED) is 0.262. The van der Waals surface area contributed by atoms with E-state index in [2.05, 4.69) is 76.7 Å². The molecule has 7 nitrogen and oxygen atoms in total. The molecule has 0 radical (unpaired) electrons. The lowest BCUT2D eigenvalue weighted by Gasteiger charge is -2.32. The molecule has 2 aliphatic heterocycles. The minimum absolute atomic E-state index is 0.0258.